The molecule has 2 aromatic rings. The average Bonchev–Trinajstić information content (AvgIpc) is 3.04. The lowest BCUT2D eigenvalue weighted by molar-refractivity contribution is -0.130. The third kappa shape index (κ3) is 3.90. The smallest absolute Gasteiger partial charge is 0.225 e. The number of hydrogen-bond acceptors (Lipinski definition) is 2. The molecule has 1 saturated heterocycles. The SMILES string of the molecule is C[C@H](NC(=O)[C@@H]1CC(=O)N([C@@H](C)c2ccccc2)C1)c1ccccc1. The van der Waals surface area contributed by atoms with E-state index in [1.807, 2.05) is 79.4 Å². The highest BCUT2D eigenvalue weighted by atomic mass is 16.2. The van der Waals surface area contributed by atoms with Crippen LogP contribution >= 0.6 is 0 Å². The van der Waals surface area contributed by atoms with Crippen LogP contribution in [0.3, 0.4) is 0 Å². The monoisotopic (exact) mass is 336 g/mol. The van der Waals surface area contributed by atoms with Gasteiger partial charge in [0.2, 0.25) is 11.8 Å². The summed E-state index contributed by atoms with van der Waals surface area (Å²) >= 11 is 0. The van der Waals surface area contributed by atoms with E-state index in [-0.39, 0.29) is 36.2 Å². The topological polar surface area (TPSA) is 49.4 Å². The highest BCUT2D eigenvalue weighted by Gasteiger charge is 2.37. The van der Waals surface area contributed by atoms with Crippen LogP contribution in [0.2, 0.25) is 0 Å². The highest BCUT2D eigenvalue weighted by Crippen LogP contribution is 2.29. The van der Waals surface area contributed by atoms with Crippen molar-refractivity contribution in [3.05, 3.63) is 71.8 Å². The van der Waals surface area contributed by atoms with Crippen molar-refractivity contribution in [2.24, 2.45) is 5.92 Å². The van der Waals surface area contributed by atoms with Crippen LogP contribution in [0.1, 0.15) is 43.5 Å². The van der Waals surface area contributed by atoms with E-state index in [4.69, 9.17) is 0 Å². The van der Waals surface area contributed by atoms with Gasteiger partial charge in [-0.05, 0) is 25.0 Å². The molecule has 1 heterocycles. The molecule has 1 N–H and O–H groups in total. The fourth-order valence-corrected chi connectivity index (χ4v) is 3.35. The quantitative estimate of drug-likeness (QED) is 0.909. The van der Waals surface area contributed by atoms with Gasteiger partial charge < -0.3 is 10.2 Å². The Labute approximate surface area is 148 Å². The van der Waals surface area contributed by atoms with Crippen LogP contribution in [0, 0.1) is 5.92 Å². The standard InChI is InChI=1S/C21H24N2O2/c1-15(17-9-5-3-6-10-17)22-21(25)19-13-20(24)23(14-19)16(2)18-11-7-4-8-12-18/h3-12,15-16,19H,13-14H2,1-2H3,(H,22,25)/t15-,16-,19+/m0/s1. The average molecular weight is 336 g/mol. The van der Waals surface area contributed by atoms with E-state index in [2.05, 4.69) is 5.32 Å². The van der Waals surface area contributed by atoms with Crippen molar-refractivity contribution in [3.63, 3.8) is 0 Å². The van der Waals surface area contributed by atoms with Crippen LogP contribution in [0.25, 0.3) is 0 Å². The van der Waals surface area contributed by atoms with E-state index in [1.165, 1.54) is 0 Å². The van der Waals surface area contributed by atoms with E-state index in [9.17, 15) is 9.59 Å². The maximum absolute atomic E-state index is 12.6. The van der Waals surface area contributed by atoms with Crippen molar-refractivity contribution < 1.29 is 9.59 Å². The Kier molecular flexibility index (Phi) is 5.17. The van der Waals surface area contributed by atoms with Gasteiger partial charge >= 0.3 is 0 Å². The summed E-state index contributed by atoms with van der Waals surface area (Å²) in [4.78, 5) is 26.8. The molecule has 4 heteroatoms. The van der Waals surface area contributed by atoms with Gasteiger partial charge in [-0.2, -0.15) is 0 Å². The Morgan fingerprint density at radius 3 is 2.16 bits per heavy atom. The zero-order valence-electron chi connectivity index (χ0n) is 14.7. The first-order valence-electron chi connectivity index (χ1n) is 8.76. The summed E-state index contributed by atoms with van der Waals surface area (Å²) in [5.74, 6) is -0.291. The number of hydrogen-bond donors (Lipinski definition) is 1. The number of carbonyl (C=O) groups excluding carboxylic acids is 2. The van der Waals surface area contributed by atoms with Gasteiger partial charge in [-0.15, -0.1) is 0 Å². The normalized spacial score (nSPS) is 19.5. The van der Waals surface area contributed by atoms with E-state index in [1.54, 1.807) is 0 Å². The number of carbonyl (C=O) groups is 2. The molecular formula is C21H24N2O2. The molecule has 1 fully saturated rings. The number of likely N-dealkylation sites (tertiary alicyclic amines) is 1. The minimum atomic E-state index is -0.287. The number of amides is 2. The van der Waals surface area contributed by atoms with Gasteiger partial charge in [-0.3, -0.25) is 9.59 Å². The molecule has 130 valence electrons. The van der Waals surface area contributed by atoms with Gasteiger partial charge in [0.25, 0.3) is 0 Å². The van der Waals surface area contributed by atoms with Crippen molar-refractivity contribution in [1.29, 1.82) is 0 Å². The Balaban J connectivity index is 1.63. The molecule has 0 bridgehead atoms. The van der Waals surface area contributed by atoms with E-state index in [0.29, 0.717) is 6.54 Å². The predicted octanol–water partition coefficient (Wildman–Crippen LogP) is 3.47. The zero-order chi connectivity index (χ0) is 17.8. The number of nitrogens with zero attached hydrogens (tertiary/aromatic N) is 1. The van der Waals surface area contributed by atoms with Gasteiger partial charge in [0.05, 0.1) is 18.0 Å². The number of benzene rings is 2. The van der Waals surface area contributed by atoms with Crippen LogP contribution in [0.15, 0.2) is 60.7 Å². The van der Waals surface area contributed by atoms with Gasteiger partial charge in [0.15, 0.2) is 0 Å². The molecule has 4 nitrogen and oxygen atoms in total. The second kappa shape index (κ2) is 7.51. The first-order valence-corrected chi connectivity index (χ1v) is 8.76. The molecule has 3 rings (SSSR count). The first kappa shape index (κ1) is 17.2. The Bertz CT molecular complexity index is 730. The molecule has 3 atom stereocenters. The summed E-state index contributed by atoms with van der Waals surface area (Å²) in [6.07, 6.45) is 0.282. The molecule has 1 aliphatic rings. The molecule has 0 aromatic heterocycles. The Morgan fingerprint density at radius 2 is 1.56 bits per heavy atom. The van der Waals surface area contributed by atoms with Crippen molar-refractivity contribution in [2.45, 2.75) is 32.4 Å². The summed E-state index contributed by atoms with van der Waals surface area (Å²) in [5, 5.41) is 3.04. The number of rotatable bonds is 5. The van der Waals surface area contributed by atoms with Gasteiger partial charge in [-0.25, -0.2) is 0 Å². The minimum absolute atomic E-state index is 0.0157. The van der Waals surface area contributed by atoms with Crippen LogP contribution in [0.5, 0.6) is 0 Å². The van der Waals surface area contributed by atoms with E-state index < -0.39 is 0 Å². The maximum Gasteiger partial charge on any atom is 0.225 e. The molecule has 2 amide bonds. The van der Waals surface area contributed by atoms with Crippen LogP contribution in [0.4, 0.5) is 0 Å². The second-order valence-electron chi connectivity index (χ2n) is 6.67. The van der Waals surface area contributed by atoms with Crippen molar-refractivity contribution in [2.75, 3.05) is 6.54 Å². The molecule has 0 spiro atoms. The molecule has 2 aromatic carbocycles. The van der Waals surface area contributed by atoms with Crippen LogP contribution in [-0.4, -0.2) is 23.3 Å². The maximum atomic E-state index is 12.6. The fourth-order valence-electron chi connectivity index (χ4n) is 3.35. The van der Waals surface area contributed by atoms with Crippen molar-refractivity contribution in [3.8, 4) is 0 Å². The molecule has 0 aliphatic carbocycles. The molecular weight excluding hydrogens is 312 g/mol. The first-order chi connectivity index (χ1) is 12.1. The van der Waals surface area contributed by atoms with Crippen LogP contribution < -0.4 is 5.32 Å². The van der Waals surface area contributed by atoms with Gasteiger partial charge in [-0.1, -0.05) is 60.7 Å². The number of nitrogens with one attached hydrogen (secondary N) is 1. The van der Waals surface area contributed by atoms with Gasteiger partial charge in [0, 0.05) is 13.0 Å². The van der Waals surface area contributed by atoms with E-state index in [0.717, 1.165) is 11.1 Å². The largest absolute Gasteiger partial charge is 0.349 e. The fraction of sp³-hybridized carbons (Fsp3) is 0.333. The predicted molar refractivity (Wildman–Crippen MR) is 97.7 cm³/mol. The lowest BCUT2D eigenvalue weighted by atomic mass is 10.0. The highest BCUT2D eigenvalue weighted by molar-refractivity contribution is 5.89. The Hall–Kier alpha value is -2.62. The van der Waals surface area contributed by atoms with E-state index >= 15 is 0 Å². The summed E-state index contributed by atoms with van der Waals surface area (Å²) < 4.78 is 0. The lowest BCUT2D eigenvalue weighted by Gasteiger charge is -2.25. The van der Waals surface area contributed by atoms with Crippen LogP contribution in [-0.2, 0) is 9.59 Å². The second-order valence-corrected chi connectivity index (χ2v) is 6.67. The summed E-state index contributed by atoms with van der Waals surface area (Å²) in [5.41, 5.74) is 2.16. The molecule has 1 aliphatic heterocycles. The third-order valence-electron chi connectivity index (χ3n) is 4.94. The Morgan fingerprint density at radius 1 is 1.00 bits per heavy atom. The summed E-state index contributed by atoms with van der Waals surface area (Å²) in [6, 6.07) is 19.7. The molecule has 0 saturated carbocycles. The third-order valence-corrected chi connectivity index (χ3v) is 4.94. The minimum Gasteiger partial charge on any atom is -0.349 e. The molecule has 0 unspecified atom stereocenters. The zero-order valence-corrected chi connectivity index (χ0v) is 14.7. The summed E-state index contributed by atoms with van der Waals surface area (Å²) in [6.45, 7) is 4.46. The summed E-state index contributed by atoms with van der Waals surface area (Å²) in [7, 11) is 0. The van der Waals surface area contributed by atoms with Crippen molar-refractivity contribution >= 4 is 11.8 Å². The lowest BCUT2D eigenvalue weighted by Crippen LogP contribution is -2.35. The molecule has 25 heavy (non-hydrogen) atoms. The van der Waals surface area contributed by atoms with Crippen molar-refractivity contribution in [1.82, 2.24) is 10.2 Å². The molecule has 0 radical (unpaired) electrons. The van der Waals surface area contributed by atoms with Gasteiger partial charge in [0.1, 0.15) is 0 Å².